The zero-order chi connectivity index (χ0) is 13.4. The number of hydrogen-bond acceptors (Lipinski definition) is 2. The number of ether oxygens (including phenoxy) is 1. The van der Waals surface area contributed by atoms with Crippen molar-refractivity contribution in [1.82, 2.24) is 0 Å². The van der Waals surface area contributed by atoms with E-state index in [0.29, 0.717) is 0 Å². The molecule has 0 amide bonds. The first-order valence-corrected chi connectivity index (χ1v) is 5.37. The van der Waals surface area contributed by atoms with Crippen LogP contribution in [0.15, 0.2) is 22.3 Å². The van der Waals surface area contributed by atoms with Gasteiger partial charge in [-0.1, -0.05) is 25.4 Å². The van der Waals surface area contributed by atoms with E-state index >= 15 is 0 Å². The Hall–Kier alpha value is -0.970. The number of carbonyl (C=O) groups is 1. The molecule has 1 rings (SSSR count). The summed E-state index contributed by atoms with van der Waals surface area (Å²) in [6.45, 7) is 5.10. The van der Waals surface area contributed by atoms with Crippen LogP contribution in [0.3, 0.4) is 0 Å². The molecule has 0 N–H and O–H groups in total. The summed E-state index contributed by atoms with van der Waals surface area (Å²) in [6.07, 6.45) is -3.80. The highest BCUT2D eigenvalue weighted by Crippen LogP contribution is 2.54. The molecule has 1 aliphatic rings. The van der Waals surface area contributed by atoms with E-state index in [-0.39, 0.29) is 17.8 Å². The second-order valence-corrected chi connectivity index (χ2v) is 4.53. The zero-order valence-corrected chi connectivity index (χ0v) is 10.4. The van der Waals surface area contributed by atoms with Gasteiger partial charge in [-0.25, -0.2) is 4.79 Å². The SMILES string of the molecule is CCOC(=O)C1=C(C=C(Cl)C(F)(F)F)C1(C)C. The molecule has 0 unspecified atom stereocenters. The maximum absolute atomic E-state index is 12.2. The highest BCUT2D eigenvalue weighted by Gasteiger charge is 2.50. The highest BCUT2D eigenvalue weighted by molar-refractivity contribution is 6.30. The molecule has 6 heteroatoms. The number of alkyl halides is 3. The Bertz CT molecular complexity index is 405. The minimum atomic E-state index is -4.59. The summed E-state index contributed by atoms with van der Waals surface area (Å²) in [5.74, 6) is -0.588. The van der Waals surface area contributed by atoms with E-state index in [1.165, 1.54) is 0 Å². The van der Waals surface area contributed by atoms with Gasteiger partial charge in [-0.3, -0.25) is 0 Å². The molecule has 0 aromatic heterocycles. The molecule has 0 atom stereocenters. The Balaban J connectivity index is 2.95. The van der Waals surface area contributed by atoms with Crippen LogP contribution in [0.4, 0.5) is 13.2 Å². The average Bonchev–Trinajstić information content (AvgIpc) is 2.67. The molecular formula is C11H12ClF3O2. The Kier molecular flexibility index (Phi) is 3.62. The number of allylic oxidation sites excluding steroid dienone is 3. The van der Waals surface area contributed by atoms with Gasteiger partial charge in [-0.2, -0.15) is 13.2 Å². The van der Waals surface area contributed by atoms with Crippen LogP contribution in [-0.4, -0.2) is 18.8 Å². The van der Waals surface area contributed by atoms with Crippen LogP contribution >= 0.6 is 11.6 Å². The molecule has 0 saturated heterocycles. The third-order valence-electron chi connectivity index (χ3n) is 2.53. The van der Waals surface area contributed by atoms with Crippen LogP contribution in [0.2, 0.25) is 0 Å². The Morgan fingerprint density at radius 2 is 2.00 bits per heavy atom. The van der Waals surface area contributed by atoms with Gasteiger partial charge in [0.25, 0.3) is 0 Å². The monoisotopic (exact) mass is 268 g/mol. The van der Waals surface area contributed by atoms with Crippen LogP contribution in [0.25, 0.3) is 0 Å². The van der Waals surface area contributed by atoms with Crippen LogP contribution in [-0.2, 0) is 9.53 Å². The molecule has 2 nitrogen and oxygen atoms in total. The first-order chi connectivity index (χ1) is 7.62. The van der Waals surface area contributed by atoms with Gasteiger partial charge in [0.2, 0.25) is 0 Å². The van der Waals surface area contributed by atoms with E-state index in [9.17, 15) is 18.0 Å². The largest absolute Gasteiger partial charge is 0.463 e. The van der Waals surface area contributed by atoms with Gasteiger partial charge >= 0.3 is 12.1 Å². The van der Waals surface area contributed by atoms with Crippen molar-refractivity contribution in [2.75, 3.05) is 6.61 Å². The lowest BCUT2D eigenvalue weighted by Crippen LogP contribution is -2.07. The van der Waals surface area contributed by atoms with Gasteiger partial charge in [-0.15, -0.1) is 0 Å². The van der Waals surface area contributed by atoms with Crippen LogP contribution in [0.1, 0.15) is 20.8 Å². The fourth-order valence-corrected chi connectivity index (χ4v) is 1.64. The van der Waals surface area contributed by atoms with Crippen molar-refractivity contribution in [3.8, 4) is 0 Å². The van der Waals surface area contributed by atoms with Gasteiger partial charge < -0.3 is 4.74 Å². The van der Waals surface area contributed by atoms with Crippen molar-refractivity contribution >= 4 is 17.6 Å². The first-order valence-electron chi connectivity index (χ1n) is 4.99. The Morgan fingerprint density at radius 1 is 1.47 bits per heavy atom. The fraction of sp³-hybridized carbons (Fsp3) is 0.545. The summed E-state index contributed by atoms with van der Waals surface area (Å²) in [5.41, 5.74) is -0.169. The summed E-state index contributed by atoms with van der Waals surface area (Å²) in [4.78, 5) is 11.4. The van der Waals surface area contributed by atoms with Crippen molar-refractivity contribution < 1.29 is 22.7 Å². The average molecular weight is 269 g/mol. The minimum Gasteiger partial charge on any atom is -0.463 e. The summed E-state index contributed by atoms with van der Waals surface area (Å²) >= 11 is 5.12. The predicted molar refractivity (Wildman–Crippen MR) is 57.4 cm³/mol. The minimum absolute atomic E-state index is 0.183. The third-order valence-corrected chi connectivity index (χ3v) is 2.85. The van der Waals surface area contributed by atoms with E-state index in [0.717, 1.165) is 6.08 Å². The van der Waals surface area contributed by atoms with Gasteiger partial charge in [0.05, 0.1) is 12.2 Å². The molecule has 0 aromatic carbocycles. The molecular weight excluding hydrogens is 257 g/mol. The Labute approximate surface area is 102 Å². The lowest BCUT2D eigenvalue weighted by Gasteiger charge is -2.05. The van der Waals surface area contributed by atoms with E-state index in [2.05, 4.69) is 0 Å². The lowest BCUT2D eigenvalue weighted by atomic mass is 10.0. The van der Waals surface area contributed by atoms with Crippen molar-refractivity contribution in [3.63, 3.8) is 0 Å². The summed E-state index contributed by atoms with van der Waals surface area (Å²) in [5, 5.41) is -1.24. The molecule has 0 saturated carbocycles. The molecule has 1 aliphatic carbocycles. The lowest BCUT2D eigenvalue weighted by molar-refractivity contribution is -0.138. The van der Waals surface area contributed by atoms with Crippen molar-refractivity contribution in [3.05, 3.63) is 22.3 Å². The highest BCUT2D eigenvalue weighted by atomic mass is 35.5. The second kappa shape index (κ2) is 4.37. The molecule has 0 bridgehead atoms. The number of hydrogen-bond donors (Lipinski definition) is 0. The summed E-state index contributed by atoms with van der Waals surface area (Å²) < 4.78 is 41.4. The number of carbonyl (C=O) groups excluding carboxylic acids is 1. The zero-order valence-electron chi connectivity index (χ0n) is 9.61. The smallest absolute Gasteiger partial charge is 0.426 e. The van der Waals surface area contributed by atoms with Gasteiger partial charge in [-0.05, 0) is 18.6 Å². The van der Waals surface area contributed by atoms with E-state index < -0.39 is 22.6 Å². The molecule has 0 aliphatic heterocycles. The van der Waals surface area contributed by atoms with E-state index in [1.54, 1.807) is 20.8 Å². The third kappa shape index (κ3) is 2.83. The standard InChI is InChI=1S/C11H12ClF3O2/c1-4-17-9(16)8-6(10(8,2)3)5-7(12)11(13,14)15/h5H,4H2,1-3H3. The summed E-state index contributed by atoms with van der Waals surface area (Å²) in [7, 11) is 0. The first kappa shape index (κ1) is 14.1. The number of esters is 1. The van der Waals surface area contributed by atoms with Crippen molar-refractivity contribution in [2.45, 2.75) is 26.9 Å². The number of halogens is 4. The van der Waals surface area contributed by atoms with Gasteiger partial charge in [0, 0.05) is 5.41 Å². The predicted octanol–water partition coefficient (Wildman–Crippen LogP) is 3.57. The second-order valence-electron chi connectivity index (χ2n) is 4.12. The van der Waals surface area contributed by atoms with E-state index in [1.807, 2.05) is 0 Å². The Morgan fingerprint density at radius 3 is 2.41 bits per heavy atom. The maximum atomic E-state index is 12.2. The van der Waals surface area contributed by atoms with Crippen LogP contribution < -0.4 is 0 Å². The van der Waals surface area contributed by atoms with E-state index in [4.69, 9.17) is 16.3 Å². The topological polar surface area (TPSA) is 26.3 Å². The van der Waals surface area contributed by atoms with Crippen molar-refractivity contribution in [2.24, 2.45) is 5.41 Å². The van der Waals surface area contributed by atoms with Gasteiger partial charge in [0.15, 0.2) is 0 Å². The molecule has 0 heterocycles. The van der Waals surface area contributed by atoms with Crippen LogP contribution in [0, 0.1) is 5.41 Å². The number of rotatable bonds is 3. The molecule has 0 fully saturated rings. The van der Waals surface area contributed by atoms with Crippen LogP contribution in [0.5, 0.6) is 0 Å². The molecule has 0 radical (unpaired) electrons. The maximum Gasteiger partial charge on any atom is 0.426 e. The molecule has 0 aromatic rings. The normalized spacial score (nSPS) is 19.4. The summed E-state index contributed by atoms with van der Waals surface area (Å²) in [6, 6.07) is 0. The molecule has 96 valence electrons. The molecule has 0 spiro atoms. The van der Waals surface area contributed by atoms with Crippen molar-refractivity contribution in [1.29, 1.82) is 0 Å². The van der Waals surface area contributed by atoms with Gasteiger partial charge in [0.1, 0.15) is 5.03 Å². The molecule has 17 heavy (non-hydrogen) atoms. The fourth-order valence-electron chi connectivity index (χ4n) is 1.53. The quantitative estimate of drug-likeness (QED) is 0.732.